The van der Waals surface area contributed by atoms with Gasteiger partial charge in [0.25, 0.3) is 0 Å². The van der Waals surface area contributed by atoms with Gasteiger partial charge in [-0.25, -0.2) is 0 Å². The van der Waals surface area contributed by atoms with Crippen LogP contribution in [0.3, 0.4) is 0 Å². The Morgan fingerprint density at radius 2 is 2.00 bits per heavy atom. The molecule has 2 aromatic carbocycles. The SMILES string of the molecule is CN(CCNC[C@@H](O)c1ccc(O)c2[nH]c(=O)sc12)C(=O)CCOCCc1ccccc1. The Bertz CT molecular complexity index is 1070. The van der Waals surface area contributed by atoms with E-state index in [2.05, 4.69) is 22.4 Å². The molecule has 0 bridgehead atoms. The van der Waals surface area contributed by atoms with Crippen LogP contribution in [0.2, 0.25) is 0 Å². The van der Waals surface area contributed by atoms with Gasteiger partial charge < -0.3 is 30.2 Å². The maximum atomic E-state index is 12.2. The summed E-state index contributed by atoms with van der Waals surface area (Å²) < 4.78 is 6.12. The Morgan fingerprint density at radius 1 is 1.22 bits per heavy atom. The first-order valence-electron chi connectivity index (χ1n) is 10.5. The number of amides is 1. The zero-order chi connectivity index (χ0) is 22.9. The first-order valence-corrected chi connectivity index (χ1v) is 11.4. The summed E-state index contributed by atoms with van der Waals surface area (Å²) in [4.78, 5) is 27.7. The van der Waals surface area contributed by atoms with Gasteiger partial charge in [0.05, 0.1) is 30.4 Å². The number of aliphatic hydroxyl groups excluding tert-OH is 1. The minimum atomic E-state index is -0.844. The smallest absolute Gasteiger partial charge is 0.305 e. The Kier molecular flexibility index (Phi) is 8.81. The van der Waals surface area contributed by atoms with E-state index in [9.17, 15) is 19.8 Å². The highest BCUT2D eigenvalue weighted by atomic mass is 32.1. The Hall–Kier alpha value is -2.72. The molecule has 1 amide bonds. The molecule has 0 aliphatic carbocycles. The number of nitrogens with zero attached hydrogens (tertiary/aromatic N) is 1. The van der Waals surface area contributed by atoms with Crippen molar-refractivity contribution in [1.82, 2.24) is 15.2 Å². The van der Waals surface area contributed by atoms with Crippen molar-refractivity contribution in [3.8, 4) is 5.75 Å². The number of aliphatic hydroxyl groups is 1. The monoisotopic (exact) mass is 459 g/mol. The van der Waals surface area contributed by atoms with Crippen LogP contribution in [0, 0.1) is 0 Å². The van der Waals surface area contributed by atoms with E-state index < -0.39 is 6.10 Å². The standard InChI is InChI=1S/C23H29N3O5S/c1-26(20(29)10-14-31-13-9-16-5-3-2-4-6-16)12-11-24-15-19(28)17-7-8-18(27)21-22(17)32-23(30)25-21/h2-8,19,24,27-28H,9-15H2,1H3,(H,25,30)/t19-/m1/s1. The lowest BCUT2D eigenvalue weighted by Crippen LogP contribution is -2.35. The van der Waals surface area contributed by atoms with Gasteiger partial charge >= 0.3 is 4.87 Å². The number of benzene rings is 2. The van der Waals surface area contributed by atoms with Crippen molar-refractivity contribution < 1.29 is 19.7 Å². The zero-order valence-electron chi connectivity index (χ0n) is 18.0. The van der Waals surface area contributed by atoms with E-state index in [0.29, 0.717) is 48.5 Å². The fourth-order valence-corrected chi connectivity index (χ4v) is 4.23. The number of rotatable bonds is 12. The molecule has 4 N–H and O–H groups in total. The van der Waals surface area contributed by atoms with Crippen molar-refractivity contribution in [2.45, 2.75) is 18.9 Å². The molecule has 172 valence electrons. The number of hydrogen-bond donors (Lipinski definition) is 4. The molecule has 8 nitrogen and oxygen atoms in total. The van der Waals surface area contributed by atoms with Crippen LogP contribution < -0.4 is 10.2 Å². The lowest BCUT2D eigenvalue weighted by molar-refractivity contribution is -0.131. The van der Waals surface area contributed by atoms with Gasteiger partial charge in [-0.3, -0.25) is 9.59 Å². The van der Waals surface area contributed by atoms with E-state index in [1.807, 2.05) is 18.2 Å². The Morgan fingerprint density at radius 3 is 2.78 bits per heavy atom. The molecule has 9 heteroatoms. The zero-order valence-corrected chi connectivity index (χ0v) is 18.9. The summed E-state index contributed by atoms with van der Waals surface area (Å²) in [6.45, 7) is 2.24. The van der Waals surface area contributed by atoms with Crippen LogP contribution in [0.4, 0.5) is 0 Å². The first kappa shape index (κ1) is 23.9. The number of hydrogen-bond acceptors (Lipinski definition) is 7. The largest absolute Gasteiger partial charge is 0.506 e. The minimum absolute atomic E-state index is 0.00407. The maximum absolute atomic E-state index is 12.2. The summed E-state index contributed by atoms with van der Waals surface area (Å²) in [5.74, 6) is -0.0177. The summed E-state index contributed by atoms with van der Waals surface area (Å²) >= 11 is 0.955. The summed E-state index contributed by atoms with van der Waals surface area (Å²) in [6.07, 6.45) is 0.305. The van der Waals surface area contributed by atoms with Gasteiger partial charge in [-0.15, -0.1) is 0 Å². The van der Waals surface area contributed by atoms with Crippen molar-refractivity contribution in [2.24, 2.45) is 0 Å². The third-order valence-corrected chi connectivity index (χ3v) is 6.10. The number of carbonyl (C=O) groups excluding carboxylic acids is 1. The molecule has 0 unspecified atom stereocenters. The van der Waals surface area contributed by atoms with Gasteiger partial charge in [-0.1, -0.05) is 47.7 Å². The molecule has 0 aliphatic rings. The lowest BCUT2D eigenvalue weighted by Gasteiger charge is -2.19. The van der Waals surface area contributed by atoms with E-state index >= 15 is 0 Å². The summed E-state index contributed by atoms with van der Waals surface area (Å²) in [5.41, 5.74) is 2.13. The quantitative estimate of drug-likeness (QED) is 0.308. The third kappa shape index (κ3) is 6.64. The molecule has 1 aromatic heterocycles. The van der Waals surface area contributed by atoms with Crippen molar-refractivity contribution in [1.29, 1.82) is 0 Å². The van der Waals surface area contributed by atoms with E-state index in [1.165, 1.54) is 11.6 Å². The van der Waals surface area contributed by atoms with Gasteiger partial charge in [0, 0.05) is 32.2 Å². The van der Waals surface area contributed by atoms with E-state index in [-0.39, 0.29) is 23.1 Å². The average Bonchev–Trinajstić information content (AvgIpc) is 3.19. The van der Waals surface area contributed by atoms with Crippen LogP contribution in [0.5, 0.6) is 5.75 Å². The van der Waals surface area contributed by atoms with Crippen molar-refractivity contribution in [3.05, 3.63) is 63.3 Å². The van der Waals surface area contributed by atoms with E-state index in [4.69, 9.17) is 4.74 Å². The highest BCUT2D eigenvalue weighted by Crippen LogP contribution is 2.31. The van der Waals surface area contributed by atoms with Crippen molar-refractivity contribution in [2.75, 3.05) is 39.9 Å². The second kappa shape index (κ2) is 11.8. The molecule has 0 saturated heterocycles. The van der Waals surface area contributed by atoms with E-state index in [1.54, 1.807) is 18.0 Å². The van der Waals surface area contributed by atoms with Crippen LogP contribution in [0.15, 0.2) is 47.3 Å². The number of ether oxygens (including phenoxy) is 1. The predicted molar refractivity (Wildman–Crippen MR) is 125 cm³/mol. The number of fused-ring (bicyclic) bond motifs is 1. The van der Waals surface area contributed by atoms with Crippen LogP contribution in [0.25, 0.3) is 10.2 Å². The average molecular weight is 460 g/mol. The second-order valence-corrected chi connectivity index (χ2v) is 8.51. The van der Waals surface area contributed by atoms with Crippen LogP contribution in [-0.2, 0) is 16.0 Å². The molecule has 3 aromatic rings. The number of thiazole rings is 1. The van der Waals surface area contributed by atoms with Gasteiger partial charge in [-0.05, 0) is 18.1 Å². The van der Waals surface area contributed by atoms with Gasteiger partial charge in [0.2, 0.25) is 5.91 Å². The minimum Gasteiger partial charge on any atom is -0.506 e. The fraction of sp³-hybridized carbons (Fsp3) is 0.391. The van der Waals surface area contributed by atoms with E-state index in [0.717, 1.165) is 17.8 Å². The highest BCUT2D eigenvalue weighted by Gasteiger charge is 2.16. The number of H-pyrrole nitrogens is 1. The lowest BCUT2D eigenvalue weighted by atomic mass is 10.1. The Balaban J connectivity index is 1.33. The molecule has 1 heterocycles. The number of aromatic nitrogens is 1. The number of likely N-dealkylation sites (N-methyl/N-ethyl adjacent to an activating group) is 1. The maximum Gasteiger partial charge on any atom is 0.305 e. The third-order valence-electron chi connectivity index (χ3n) is 5.17. The Labute approximate surface area is 190 Å². The molecule has 32 heavy (non-hydrogen) atoms. The number of aromatic amines is 1. The molecule has 0 radical (unpaired) electrons. The van der Waals surface area contributed by atoms with Crippen molar-refractivity contribution in [3.63, 3.8) is 0 Å². The van der Waals surface area contributed by atoms with Gasteiger partial charge in [0.15, 0.2) is 0 Å². The predicted octanol–water partition coefficient (Wildman–Crippen LogP) is 2.03. The summed E-state index contributed by atoms with van der Waals surface area (Å²) in [7, 11) is 1.74. The highest BCUT2D eigenvalue weighted by molar-refractivity contribution is 7.16. The first-order chi connectivity index (χ1) is 15.5. The molecule has 0 spiro atoms. The van der Waals surface area contributed by atoms with Gasteiger partial charge in [-0.2, -0.15) is 0 Å². The topological polar surface area (TPSA) is 115 Å². The van der Waals surface area contributed by atoms with Crippen LogP contribution >= 0.6 is 11.3 Å². The normalized spacial score (nSPS) is 12.2. The molecule has 3 rings (SSSR count). The molecular formula is C23H29N3O5S. The number of phenols is 1. The number of nitrogens with one attached hydrogen (secondary N) is 2. The van der Waals surface area contributed by atoms with Crippen LogP contribution in [0.1, 0.15) is 23.7 Å². The second-order valence-electron chi connectivity index (χ2n) is 7.53. The molecule has 0 fully saturated rings. The molecule has 1 atom stereocenters. The van der Waals surface area contributed by atoms with Gasteiger partial charge in [0.1, 0.15) is 11.3 Å². The van der Waals surface area contributed by atoms with Crippen molar-refractivity contribution >= 4 is 27.5 Å². The summed E-state index contributed by atoms with van der Waals surface area (Å²) in [6, 6.07) is 13.1. The summed E-state index contributed by atoms with van der Waals surface area (Å²) in [5, 5.41) is 23.5. The molecule has 0 saturated carbocycles. The number of phenolic OH excluding ortho intramolecular Hbond substituents is 1. The fourth-order valence-electron chi connectivity index (χ4n) is 3.31. The van der Waals surface area contributed by atoms with Crippen LogP contribution in [-0.4, -0.2) is 65.9 Å². The number of carbonyl (C=O) groups is 1. The number of aromatic hydroxyl groups is 1. The molecular weight excluding hydrogens is 430 g/mol. The molecule has 0 aliphatic heterocycles.